The molecule has 1 aliphatic heterocycles. The van der Waals surface area contributed by atoms with Crippen LogP contribution in [0.5, 0.6) is 0 Å². The lowest BCUT2D eigenvalue weighted by Crippen LogP contribution is -2.25. The maximum atomic E-state index is 11.4. The second-order valence-electron chi connectivity index (χ2n) is 5.28. The number of pyridine rings is 1. The Labute approximate surface area is 112 Å². The first-order valence-corrected chi connectivity index (χ1v) is 8.37. The van der Waals surface area contributed by atoms with E-state index in [9.17, 15) is 8.42 Å². The van der Waals surface area contributed by atoms with Crippen LogP contribution in [0.15, 0.2) is 18.2 Å². The molecule has 2 aromatic heterocycles. The fourth-order valence-corrected chi connectivity index (χ4v) is 4.29. The van der Waals surface area contributed by atoms with Gasteiger partial charge in [0.2, 0.25) is 0 Å². The summed E-state index contributed by atoms with van der Waals surface area (Å²) >= 11 is 0. The van der Waals surface area contributed by atoms with Gasteiger partial charge >= 0.3 is 0 Å². The van der Waals surface area contributed by atoms with Crippen molar-refractivity contribution in [2.45, 2.75) is 26.2 Å². The largest absolute Gasteiger partial charge is 0.284 e. The van der Waals surface area contributed by atoms with Crippen molar-refractivity contribution in [3.63, 3.8) is 0 Å². The molecule has 0 atom stereocenters. The molecule has 1 saturated heterocycles. The highest BCUT2D eigenvalue weighted by Gasteiger charge is 2.25. The molecule has 0 N–H and O–H groups in total. The van der Waals surface area contributed by atoms with Gasteiger partial charge in [-0.15, -0.1) is 10.2 Å². The van der Waals surface area contributed by atoms with E-state index in [1.165, 1.54) is 0 Å². The molecule has 0 spiro atoms. The quantitative estimate of drug-likeness (QED) is 0.833. The molecule has 3 heterocycles. The number of sulfone groups is 1. The van der Waals surface area contributed by atoms with E-state index < -0.39 is 9.84 Å². The SMILES string of the molecule is Cc1cccc2nnc(CC3CCS(=O)(=O)CC3)n12. The monoisotopic (exact) mass is 279 g/mol. The zero-order chi connectivity index (χ0) is 13.5. The molecule has 2 aromatic rings. The van der Waals surface area contributed by atoms with E-state index in [4.69, 9.17) is 0 Å². The standard InChI is InChI=1S/C13H17N3O2S/c1-10-3-2-4-12-14-15-13(16(10)12)9-11-5-7-19(17,18)8-6-11/h2-4,11H,5-9H2,1H3. The number of hydrogen-bond donors (Lipinski definition) is 0. The van der Waals surface area contributed by atoms with Crippen LogP contribution in [0.4, 0.5) is 0 Å². The maximum Gasteiger partial charge on any atom is 0.160 e. The second kappa shape index (κ2) is 4.59. The van der Waals surface area contributed by atoms with Crippen molar-refractivity contribution in [3.8, 4) is 0 Å². The number of rotatable bonds is 2. The Kier molecular flexibility index (Phi) is 3.05. The first kappa shape index (κ1) is 12.6. The molecule has 1 fully saturated rings. The van der Waals surface area contributed by atoms with E-state index in [0.717, 1.165) is 36.4 Å². The molecule has 0 radical (unpaired) electrons. The summed E-state index contributed by atoms with van der Waals surface area (Å²) in [4.78, 5) is 0. The van der Waals surface area contributed by atoms with Crippen LogP contribution < -0.4 is 0 Å². The summed E-state index contributed by atoms with van der Waals surface area (Å²) in [5, 5.41) is 8.42. The second-order valence-corrected chi connectivity index (χ2v) is 7.58. The average Bonchev–Trinajstić information content (AvgIpc) is 2.77. The highest BCUT2D eigenvalue weighted by molar-refractivity contribution is 7.91. The summed E-state index contributed by atoms with van der Waals surface area (Å²) in [6, 6.07) is 5.94. The van der Waals surface area contributed by atoms with Gasteiger partial charge in [-0.3, -0.25) is 4.40 Å². The molecule has 0 unspecified atom stereocenters. The molecule has 102 valence electrons. The van der Waals surface area contributed by atoms with Crippen molar-refractivity contribution < 1.29 is 8.42 Å². The van der Waals surface area contributed by atoms with E-state index >= 15 is 0 Å². The van der Waals surface area contributed by atoms with E-state index in [1.807, 2.05) is 25.1 Å². The van der Waals surface area contributed by atoms with Crippen LogP contribution in [-0.4, -0.2) is 34.5 Å². The number of aromatic nitrogens is 3. The maximum absolute atomic E-state index is 11.4. The Balaban J connectivity index is 1.83. The topological polar surface area (TPSA) is 64.3 Å². The van der Waals surface area contributed by atoms with Crippen LogP contribution >= 0.6 is 0 Å². The van der Waals surface area contributed by atoms with E-state index in [-0.39, 0.29) is 0 Å². The highest BCUT2D eigenvalue weighted by Crippen LogP contribution is 2.23. The van der Waals surface area contributed by atoms with Gasteiger partial charge in [-0.2, -0.15) is 0 Å². The summed E-state index contributed by atoms with van der Waals surface area (Å²) in [6.07, 6.45) is 2.29. The van der Waals surface area contributed by atoms with Gasteiger partial charge in [0.1, 0.15) is 15.7 Å². The van der Waals surface area contributed by atoms with Crippen LogP contribution in [-0.2, 0) is 16.3 Å². The molecule has 5 nitrogen and oxygen atoms in total. The summed E-state index contributed by atoms with van der Waals surface area (Å²) in [7, 11) is -2.79. The Hall–Kier alpha value is -1.43. The van der Waals surface area contributed by atoms with Gasteiger partial charge in [-0.25, -0.2) is 8.42 Å². The van der Waals surface area contributed by atoms with Crippen molar-refractivity contribution in [1.82, 2.24) is 14.6 Å². The van der Waals surface area contributed by atoms with E-state index in [1.54, 1.807) is 0 Å². The summed E-state index contributed by atoms with van der Waals surface area (Å²) < 4.78 is 24.9. The van der Waals surface area contributed by atoms with Crippen LogP contribution in [0, 0.1) is 12.8 Å². The molecule has 0 bridgehead atoms. The molecular weight excluding hydrogens is 262 g/mol. The third-order valence-electron chi connectivity index (χ3n) is 3.84. The Bertz CT molecular complexity index is 692. The molecule has 3 rings (SSSR count). The fourth-order valence-electron chi connectivity index (χ4n) is 2.70. The molecule has 19 heavy (non-hydrogen) atoms. The van der Waals surface area contributed by atoms with Gasteiger partial charge in [0.15, 0.2) is 5.65 Å². The Morgan fingerprint density at radius 1 is 1.26 bits per heavy atom. The van der Waals surface area contributed by atoms with E-state index in [0.29, 0.717) is 17.4 Å². The predicted octanol–water partition coefficient (Wildman–Crippen LogP) is 1.41. The molecule has 0 saturated carbocycles. The van der Waals surface area contributed by atoms with Gasteiger partial charge in [-0.1, -0.05) is 6.07 Å². The van der Waals surface area contributed by atoms with Crippen LogP contribution in [0.2, 0.25) is 0 Å². The average molecular weight is 279 g/mol. The Morgan fingerprint density at radius 2 is 2.00 bits per heavy atom. The zero-order valence-corrected chi connectivity index (χ0v) is 11.7. The third-order valence-corrected chi connectivity index (χ3v) is 5.55. The number of aryl methyl sites for hydroxylation is 1. The minimum Gasteiger partial charge on any atom is -0.284 e. The van der Waals surface area contributed by atoms with Crippen LogP contribution in [0.25, 0.3) is 5.65 Å². The summed E-state index contributed by atoms with van der Waals surface area (Å²) in [5.41, 5.74) is 1.97. The smallest absolute Gasteiger partial charge is 0.160 e. The lowest BCUT2D eigenvalue weighted by molar-refractivity contribution is 0.452. The molecule has 0 amide bonds. The normalized spacial score (nSPS) is 19.8. The van der Waals surface area contributed by atoms with Crippen molar-refractivity contribution in [3.05, 3.63) is 29.7 Å². The molecule has 0 aliphatic carbocycles. The fraction of sp³-hybridized carbons (Fsp3) is 0.538. The summed E-state index contributed by atoms with van der Waals surface area (Å²) in [5.74, 6) is 1.97. The third kappa shape index (κ3) is 2.49. The first-order valence-electron chi connectivity index (χ1n) is 6.55. The van der Waals surface area contributed by atoms with Crippen LogP contribution in [0.1, 0.15) is 24.4 Å². The van der Waals surface area contributed by atoms with Gasteiger partial charge in [0, 0.05) is 12.1 Å². The number of fused-ring (bicyclic) bond motifs is 1. The summed E-state index contributed by atoms with van der Waals surface area (Å²) in [6.45, 7) is 2.03. The predicted molar refractivity (Wildman–Crippen MR) is 72.8 cm³/mol. The van der Waals surface area contributed by atoms with Crippen LogP contribution in [0.3, 0.4) is 0 Å². The van der Waals surface area contributed by atoms with Crippen molar-refractivity contribution >= 4 is 15.5 Å². The van der Waals surface area contributed by atoms with Gasteiger partial charge in [-0.05, 0) is 37.8 Å². The lowest BCUT2D eigenvalue weighted by Gasteiger charge is -2.21. The van der Waals surface area contributed by atoms with E-state index in [2.05, 4.69) is 14.6 Å². The lowest BCUT2D eigenvalue weighted by atomic mass is 9.98. The van der Waals surface area contributed by atoms with Gasteiger partial charge in [0.05, 0.1) is 11.5 Å². The minimum absolute atomic E-state index is 0.313. The minimum atomic E-state index is -2.79. The first-order chi connectivity index (χ1) is 9.05. The zero-order valence-electron chi connectivity index (χ0n) is 10.9. The number of hydrogen-bond acceptors (Lipinski definition) is 4. The molecular formula is C13H17N3O2S. The number of nitrogens with zero attached hydrogens (tertiary/aromatic N) is 3. The van der Waals surface area contributed by atoms with Gasteiger partial charge in [0.25, 0.3) is 0 Å². The molecule has 6 heteroatoms. The highest BCUT2D eigenvalue weighted by atomic mass is 32.2. The van der Waals surface area contributed by atoms with Gasteiger partial charge < -0.3 is 0 Å². The van der Waals surface area contributed by atoms with Crippen molar-refractivity contribution in [2.75, 3.05) is 11.5 Å². The van der Waals surface area contributed by atoms with Crippen molar-refractivity contribution in [2.24, 2.45) is 5.92 Å². The molecule has 0 aromatic carbocycles. The Morgan fingerprint density at radius 3 is 2.74 bits per heavy atom. The molecule has 1 aliphatic rings. The van der Waals surface area contributed by atoms with Crippen molar-refractivity contribution in [1.29, 1.82) is 0 Å².